The van der Waals surface area contributed by atoms with Crippen LogP contribution in [0.25, 0.3) is 0 Å². The second-order valence-electron chi connectivity index (χ2n) is 9.59. The Hall–Kier alpha value is -2.53. The van der Waals surface area contributed by atoms with Crippen LogP contribution in [0.2, 0.25) is 0 Å². The lowest BCUT2D eigenvalue weighted by Gasteiger charge is -2.34. The number of carbonyl (C=O) groups excluding carboxylic acids is 1. The third-order valence-corrected chi connectivity index (χ3v) is 9.25. The quantitative estimate of drug-likeness (QED) is 0.537. The molecule has 1 saturated carbocycles. The van der Waals surface area contributed by atoms with Gasteiger partial charge in [-0.1, -0.05) is 18.2 Å². The van der Waals surface area contributed by atoms with E-state index in [1.54, 1.807) is 12.1 Å². The van der Waals surface area contributed by atoms with Crippen molar-refractivity contribution >= 4 is 15.7 Å². The minimum absolute atomic E-state index is 0.0478. The SMILES string of the molecule is O=C(NC1CCC(F)(S(=O)(=O)c2cccc(C(F)(F)F)c2)CC1)C1CC(Cc2ccc(F)cc2)CN1. The molecule has 2 N–H and O–H groups in total. The molecule has 0 bridgehead atoms. The molecule has 1 heterocycles. The van der Waals surface area contributed by atoms with Gasteiger partial charge >= 0.3 is 6.18 Å². The van der Waals surface area contributed by atoms with E-state index in [-0.39, 0.29) is 30.5 Å². The number of sulfone groups is 1. The van der Waals surface area contributed by atoms with Crippen molar-refractivity contribution in [1.82, 2.24) is 10.6 Å². The van der Waals surface area contributed by atoms with E-state index in [9.17, 15) is 30.8 Å². The smallest absolute Gasteiger partial charge is 0.352 e. The molecule has 2 aromatic carbocycles. The highest BCUT2D eigenvalue weighted by Gasteiger charge is 2.48. The molecule has 1 saturated heterocycles. The second-order valence-corrected chi connectivity index (χ2v) is 11.8. The van der Waals surface area contributed by atoms with E-state index in [0.29, 0.717) is 25.5 Å². The second kappa shape index (κ2) is 10.1. The van der Waals surface area contributed by atoms with Gasteiger partial charge in [-0.15, -0.1) is 0 Å². The van der Waals surface area contributed by atoms with Crippen LogP contribution in [0.1, 0.15) is 43.2 Å². The van der Waals surface area contributed by atoms with E-state index in [2.05, 4.69) is 10.6 Å². The van der Waals surface area contributed by atoms with Crippen LogP contribution >= 0.6 is 0 Å². The van der Waals surface area contributed by atoms with Crippen LogP contribution in [0, 0.1) is 11.7 Å². The summed E-state index contributed by atoms with van der Waals surface area (Å²) >= 11 is 0. The third-order valence-electron chi connectivity index (χ3n) is 7.01. The normalized spacial score (nSPS) is 27.1. The summed E-state index contributed by atoms with van der Waals surface area (Å²) in [6.07, 6.45) is -4.24. The molecule has 1 aliphatic heterocycles. The lowest BCUT2D eigenvalue weighted by Crippen LogP contribution is -2.49. The van der Waals surface area contributed by atoms with Crippen LogP contribution in [0.5, 0.6) is 0 Å². The zero-order valence-corrected chi connectivity index (χ0v) is 20.1. The molecule has 2 aliphatic rings. The van der Waals surface area contributed by atoms with Gasteiger partial charge in [0.15, 0.2) is 0 Å². The maximum atomic E-state index is 15.5. The first-order valence-corrected chi connectivity index (χ1v) is 13.2. The number of rotatable bonds is 6. The molecule has 1 aliphatic carbocycles. The molecular formula is C25H27F5N2O3S. The highest BCUT2D eigenvalue weighted by atomic mass is 32.2. The van der Waals surface area contributed by atoms with Crippen molar-refractivity contribution in [3.8, 4) is 0 Å². The fourth-order valence-corrected chi connectivity index (χ4v) is 6.67. The van der Waals surface area contributed by atoms with Crippen LogP contribution in [-0.2, 0) is 27.2 Å². The predicted molar refractivity (Wildman–Crippen MR) is 123 cm³/mol. The fourth-order valence-electron chi connectivity index (χ4n) is 4.93. The Balaban J connectivity index is 1.31. The monoisotopic (exact) mass is 530 g/mol. The number of hydrogen-bond acceptors (Lipinski definition) is 4. The topological polar surface area (TPSA) is 75.3 Å². The molecule has 2 unspecified atom stereocenters. The molecule has 0 spiro atoms. The minimum Gasteiger partial charge on any atom is -0.352 e. The number of nitrogens with one attached hydrogen (secondary N) is 2. The van der Waals surface area contributed by atoms with E-state index in [0.717, 1.165) is 23.8 Å². The van der Waals surface area contributed by atoms with Gasteiger partial charge in [0.2, 0.25) is 20.7 Å². The van der Waals surface area contributed by atoms with Crippen LogP contribution in [0.4, 0.5) is 22.0 Å². The molecule has 4 rings (SSSR count). The van der Waals surface area contributed by atoms with Crippen molar-refractivity contribution in [3.05, 3.63) is 65.5 Å². The van der Waals surface area contributed by atoms with Crippen LogP contribution in [0.3, 0.4) is 0 Å². The summed E-state index contributed by atoms with van der Waals surface area (Å²) in [5.41, 5.74) is -0.187. The molecule has 5 nitrogen and oxygen atoms in total. The van der Waals surface area contributed by atoms with Gasteiger partial charge in [-0.2, -0.15) is 13.2 Å². The van der Waals surface area contributed by atoms with Gasteiger partial charge < -0.3 is 10.6 Å². The van der Waals surface area contributed by atoms with Gasteiger partial charge in [-0.25, -0.2) is 17.2 Å². The van der Waals surface area contributed by atoms with Crippen LogP contribution in [0.15, 0.2) is 53.4 Å². The Bertz CT molecular complexity index is 1190. The van der Waals surface area contributed by atoms with Crippen molar-refractivity contribution in [2.45, 2.75) is 66.7 Å². The standard InChI is InChI=1S/C25H27F5N2O3S/c26-19-6-4-16(5-7-19)12-17-13-22(31-15-17)23(33)32-20-8-10-24(27,11-9-20)36(34,35)21-3-1-2-18(14-21)25(28,29)30/h1-7,14,17,20,22,31H,8-13,15H2,(H,32,33). The van der Waals surface area contributed by atoms with Crippen molar-refractivity contribution in [2.75, 3.05) is 6.54 Å². The van der Waals surface area contributed by atoms with E-state index >= 15 is 4.39 Å². The molecule has 36 heavy (non-hydrogen) atoms. The van der Waals surface area contributed by atoms with Gasteiger partial charge in [0.05, 0.1) is 16.5 Å². The van der Waals surface area contributed by atoms with E-state index in [4.69, 9.17) is 0 Å². The lowest BCUT2D eigenvalue weighted by atomic mass is 9.92. The maximum Gasteiger partial charge on any atom is 0.416 e. The van der Waals surface area contributed by atoms with Crippen LogP contribution < -0.4 is 10.6 Å². The predicted octanol–water partition coefficient (Wildman–Crippen LogP) is 4.56. The molecule has 196 valence electrons. The van der Waals surface area contributed by atoms with Crippen molar-refractivity contribution in [2.24, 2.45) is 5.92 Å². The van der Waals surface area contributed by atoms with Crippen molar-refractivity contribution in [3.63, 3.8) is 0 Å². The lowest BCUT2D eigenvalue weighted by molar-refractivity contribution is -0.137. The number of hydrogen-bond donors (Lipinski definition) is 2. The first-order chi connectivity index (χ1) is 16.9. The molecule has 11 heteroatoms. The number of halogens is 5. The molecule has 0 aromatic heterocycles. The van der Waals surface area contributed by atoms with Gasteiger partial charge in [0.25, 0.3) is 0 Å². The zero-order valence-electron chi connectivity index (χ0n) is 19.3. The van der Waals surface area contributed by atoms with Crippen molar-refractivity contribution in [1.29, 1.82) is 0 Å². The Labute approximate surface area is 206 Å². The average molecular weight is 531 g/mol. The van der Waals surface area contributed by atoms with E-state index < -0.39 is 56.4 Å². The highest BCUT2D eigenvalue weighted by molar-refractivity contribution is 7.92. The van der Waals surface area contributed by atoms with Gasteiger partial charge in [-0.3, -0.25) is 4.79 Å². The zero-order chi connectivity index (χ0) is 26.1. The average Bonchev–Trinajstić information content (AvgIpc) is 3.30. The molecule has 2 fully saturated rings. The Morgan fingerprint density at radius 2 is 1.75 bits per heavy atom. The molecule has 2 atom stereocenters. The molecular weight excluding hydrogens is 503 g/mol. The molecule has 1 amide bonds. The number of alkyl halides is 4. The number of amides is 1. The summed E-state index contributed by atoms with van der Waals surface area (Å²) in [5, 5.41) is 3.30. The summed E-state index contributed by atoms with van der Waals surface area (Å²) in [4.78, 5) is 12.0. The van der Waals surface area contributed by atoms with Gasteiger partial charge in [0.1, 0.15) is 5.82 Å². The minimum atomic E-state index is -4.75. The number of benzene rings is 2. The first-order valence-electron chi connectivity index (χ1n) is 11.8. The third kappa shape index (κ3) is 5.72. The summed E-state index contributed by atoms with van der Waals surface area (Å²) in [6.45, 7) is 0.614. The Morgan fingerprint density at radius 3 is 2.39 bits per heavy atom. The summed E-state index contributed by atoms with van der Waals surface area (Å²) < 4.78 is 93.4. The Morgan fingerprint density at radius 1 is 1.08 bits per heavy atom. The first kappa shape index (κ1) is 26.5. The van der Waals surface area contributed by atoms with Gasteiger partial charge in [0, 0.05) is 6.04 Å². The Kier molecular flexibility index (Phi) is 7.43. The summed E-state index contributed by atoms with van der Waals surface area (Å²) in [7, 11) is -4.67. The number of carbonyl (C=O) groups is 1. The maximum absolute atomic E-state index is 15.5. The van der Waals surface area contributed by atoms with Crippen molar-refractivity contribution < 1.29 is 35.2 Å². The van der Waals surface area contributed by atoms with Crippen LogP contribution in [-0.4, -0.2) is 38.0 Å². The van der Waals surface area contributed by atoms with E-state index in [1.807, 2.05) is 0 Å². The van der Waals surface area contributed by atoms with E-state index in [1.165, 1.54) is 12.1 Å². The largest absolute Gasteiger partial charge is 0.416 e. The highest BCUT2D eigenvalue weighted by Crippen LogP contribution is 2.41. The van der Waals surface area contributed by atoms with Gasteiger partial charge in [-0.05, 0) is 86.9 Å². The molecule has 0 radical (unpaired) electrons. The molecule has 2 aromatic rings. The fraction of sp³-hybridized carbons (Fsp3) is 0.480. The summed E-state index contributed by atoms with van der Waals surface area (Å²) in [6, 6.07) is 8.43. The summed E-state index contributed by atoms with van der Waals surface area (Å²) in [5.74, 6) is -0.379.